The van der Waals surface area contributed by atoms with Gasteiger partial charge in [-0.25, -0.2) is 0 Å². The zero-order valence-electron chi connectivity index (χ0n) is 10.6. The summed E-state index contributed by atoms with van der Waals surface area (Å²) < 4.78 is 0. The summed E-state index contributed by atoms with van der Waals surface area (Å²) in [6, 6.07) is 4.86. The van der Waals surface area contributed by atoms with Crippen LogP contribution in [0, 0.1) is 0 Å². The Morgan fingerprint density at radius 1 is 1.19 bits per heavy atom. The van der Waals surface area contributed by atoms with Gasteiger partial charge in [-0.3, -0.25) is 4.98 Å². The van der Waals surface area contributed by atoms with Crippen molar-refractivity contribution in [1.29, 1.82) is 0 Å². The molecule has 0 fully saturated rings. The van der Waals surface area contributed by atoms with Gasteiger partial charge >= 0.3 is 0 Å². The molecule has 0 saturated carbocycles. The summed E-state index contributed by atoms with van der Waals surface area (Å²) in [4.78, 5) is 4.06. The summed E-state index contributed by atoms with van der Waals surface area (Å²) in [6.45, 7) is 5.60. The summed E-state index contributed by atoms with van der Waals surface area (Å²) in [5.41, 5.74) is 1.39. The van der Waals surface area contributed by atoms with Crippen molar-refractivity contribution < 1.29 is 0 Å². The molecule has 0 aliphatic heterocycles. The maximum absolute atomic E-state index is 4.06. The second-order valence-corrected chi connectivity index (χ2v) is 4.35. The molecule has 1 N–H and O–H groups in total. The average Bonchev–Trinajstić information content (AvgIpc) is 2.34. The first kappa shape index (κ1) is 13.2. The van der Waals surface area contributed by atoms with Gasteiger partial charge in [0.15, 0.2) is 0 Å². The molecule has 0 bridgehead atoms. The summed E-state index contributed by atoms with van der Waals surface area (Å²) in [6.07, 6.45) is 9.96. The highest BCUT2D eigenvalue weighted by Gasteiger charge is 2.07. The Labute approximate surface area is 99.5 Å². The van der Waals surface area contributed by atoms with Crippen LogP contribution in [0.2, 0.25) is 0 Å². The van der Waals surface area contributed by atoms with E-state index in [1.54, 1.807) is 0 Å². The van der Waals surface area contributed by atoms with Crippen LogP contribution in [-0.4, -0.2) is 17.6 Å². The number of aromatic nitrogens is 1. The van der Waals surface area contributed by atoms with Crippen molar-refractivity contribution in [3.05, 3.63) is 30.1 Å². The molecule has 1 aromatic rings. The van der Waals surface area contributed by atoms with Gasteiger partial charge in [-0.05, 0) is 43.5 Å². The monoisotopic (exact) mass is 220 g/mol. The number of hydrogen-bond acceptors (Lipinski definition) is 2. The zero-order chi connectivity index (χ0) is 11.6. The first-order valence-electron chi connectivity index (χ1n) is 6.49. The molecule has 2 heteroatoms. The zero-order valence-corrected chi connectivity index (χ0v) is 10.6. The highest BCUT2D eigenvalue weighted by Crippen LogP contribution is 2.08. The Kier molecular flexibility index (Phi) is 6.82. The molecule has 0 spiro atoms. The van der Waals surface area contributed by atoms with Crippen LogP contribution in [0.5, 0.6) is 0 Å². The molecule has 16 heavy (non-hydrogen) atoms. The first-order chi connectivity index (χ1) is 7.86. The summed E-state index contributed by atoms with van der Waals surface area (Å²) >= 11 is 0. The Hall–Kier alpha value is -0.890. The van der Waals surface area contributed by atoms with Crippen LogP contribution in [0.1, 0.15) is 45.1 Å². The van der Waals surface area contributed by atoms with Gasteiger partial charge in [0, 0.05) is 18.4 Å². The van der Waals surface area contributed by atoms with Gasteiger partial charge in [0.05, 0.1) is 0 Å². The van der Waals surface area contributed by atoms with Crippen LogP contribution in [-0.2, 0) is 6.42 Å². The van der Waals surface area contributed by atoms with Gasteiger partial charge in [0.25, 0.3) is 0 Å². The van der Waals surface area contributed by atoms with E-state index in [0.717, 1.165) is 13.0 Å². The van der Waals surface area contributed by atoms with Crippen LogP contribution in [0.15, 0.2) is 24.5 Å². The van der Waals surface area contributed by atoms with Crippen LogP contribution < -0.4 is 5.32 Å². The van der Waals surface area contributed by atoms with Gasteiger partial charge in [-0.15, -0.1) is 0 Å². The number of nitrogens with zero attached hydrogens (tertiary/aromatic N) is 1. The first-order valence-corrected chi connectivity index (χ1v) is 6.49. The molecule has 90 valence electrons. The molecule has 1 aromatic heterocycles. The molecule has 1 heterocycles. The largest absolute Gasteiger partial charge is 0.314 e. The number of nitrogens with one attached hydrogen (secondary N) is 1. The number of unbranched alkanes of at least 4 members (excludes halogenated alkanes) is 1. The van der Waals surface area contributed by atoms with Crippen molar-refractivity contribution in [2.75, 3.05) is 6.54 Å². The highest BCUT2D eigenvalue weighted by molar-refractivity contribution is 5.11. The lowest BCUT2D eigenvalue weighted by Gasteiger charge is -2.18. The van der Waals surface area contributed by atoms with Crippen LogP contribution in [0.4, 0.5) is 0 Å². The fraction of sp³-hybridized carbons (Fsp3) is 0.643. The van der Waals surface area contributed by atoms with Crippen molar-refractivity contribution in [2.45, 2.75) is 52.0 Å². The minimum Gasteiger partial charge on any atom is -0.314 e. The van der Waals surface area contributed by atoms with Gasteiger partial charge in [0.2, 0.25) is 0 Å². The molecule has 1 unspecified atom stereocenters. The van der Waals surface area contributed by atoms with Gasteiger partial charge in [-0.2, -0.15) is 0 Å². The Balaban J connectivity index is 2.42. The second kappa shape index (κ2) is 8.28. The molecule has 0 aliphatic carbocycles. The fourth-order valence-corrected chi connectivity index (χ4v) is 1.88. The van der Waals surface area contributed by atoms with Crippen LogP contribution in [0.3, 0.4) is 0 Å². The topological polar surface area (TPSA) is 24.9 Å². The third-order valence-corrected chi connectivity index (χ3v) is 2.82. The normalized spacial score (nSPS) is 12.6. The number of hydrogen-bond donors (Lipinski definition) is 1. The minimum atomic E-state index is 0.627. The van der Waals surface area contributed by atoms with Crippen molar-refractivity contribution >= 4 is 0 Å². The van der Waals surface area contributed by atoms with E-state index in [0.29, 0.717) is 6.04 Å². The molecular formula is C14H24N2. The Bertz CT molecular complexity index is 251. The van der Waals surface area contributed by atoms with Crippen LogP contribution >= 0.6 is 0 Å². The predicted molar refractivity (Wildman–Crippen MR) is 69.5 cm³/mol. The average molecular weight is 220 g/mol. The number of rotatable bonds is 8. The smallest absolute Gasteiger partial charge is 0.0270 e. The Morgan fingerprint density at radius 3 is 2.56 bits per heavy atom. The van der Waals surface area contributed by atoms with E-state index in [-0.39, 0.29) is 0 Å². The third-order valence-electron chi connectivity index (χ3n) is 2.82. The fourth-order valence-electron chi connectivity index (χ4n) is 1.88. The van der Waals surface area contributed by atoms with Gasteiger partial charge < -0.3 is 5.32 Å². The molecule has 0 aromatic carbocycles. The molecule has 0 radical (unpaired) electrons. The lowest BCUT2D eigenvalue weighted by Crippen LogP contribution is -2.31. The van der Waals surface area contributed by atoms with Crippen molar-refractivity contribution in [1.82, 2.24) is 10.3 Å². The van der Waals surface area contributed by atoms with Crippen molar-refractivity contribution in [2.24, 2.45) is 0 Å². The maximum atomic E-state index is 4.06. The van der Waals surface area contributed by atoms with E-state index in [2.05, 4.69) is 36.3 Å². The third kappa shape index (κ3) is 5.26. The van der Waals surface area contributed by atoms with Gasteiger partial charge in [-0.1, -0.05) is 26.7 Å². The standard InChI is InChI=1S/C14H24N2/c1-3-5-6-14(16-9-4-2)12-13-7-10-15-11-8-13/h7-8,10-11,14,16H,3-6,9,12H2,1-2H3. The predicted octanol–water partition coefficient (Wildman–Crippen LogP) is 3.18. The quantitative estimate of drug-likeness (QED) is 0.728. The molecule has 0 saturated heterocycles. The van der Waals surface area contributed by atoms with E-state index in [9.17, 15) is 0 Å². The molecule has 0 aliphatic rings. The van der Waals surface area contributed by atoms with E-state index in [1.165, 1.54) is 31.2 Å². The molecule has 0 amide bonds. The summed E-state index contributed by atoms with van der Waals surface area (Å²) in [5, 5.41) is 3.63. The molecule has 1 atom stereocenters. The molecule has 1 rings (SSSR count). The lowest BCUT2D eigenvalue weighted by atomic mass is 10.0. The molecule has 2 nitrogen and oxygen atoms in total. The lowest BCUT2D eigenvalue weighted by molar-refractivity contribution is 0.462. The van der Waals surface area contributed by atoms with Crippen LogP contribution in [0.25, 0.3) is 0 Å². The van der Waals surface area contributed by atoms with E-state index >= 15 is 0 Å². The van der Waals surface area contributed by atoms with Crippen molar-refractivity contribution in [3.63, 3.8) is 0 Å². The number of pyridine rings is 1. The maximum Gasteiger partial charge on any atom is 0.0270 e. The van der Waals surface area contributed by atoms with E-state index < -0.39 is 0 Å². The molecular weight excluding hydrogens is 196 g/mol. The van der Waals surface area contributed by atoms with E-state index in [1.807, 2.05) is 12.4 Å². The van der Waals surface area contributed by atoms with Gasteiger partial charge in [0.1, 0.15) is 0 Å². The van der Waals surface area contributed by atoms with E-state index in [4.69, 9.17) is 0 Å². The second-order valence-electron chi connectivity index (χ2n) is 4.35. The summed E-state index contributed by atoms with van der Waals surface area (Å²) in [5.74, 6) is 0. The van der Waals surface area contributed by atoms with Crippen molar-refractivity contribution in [3.8, 4) is 0 Å². The Morgan fingerprint density at radius 2 is 1.94 bits per heavy atom. The summed E-state index contributed by atoms with van der Waals surface area (Å²) in [7, 11) is 0. The highest BCUT2D eigenvalue weighted by atomic mass is 14.9. The SMILES string of the molecule is CCCCC(Cc1ccncc1)NCCC. The minimum absolute atomic E-state index is 0.627.